The normalized spacial score (nSPS) is 25.8. The van der Waals surface area contributed by atoms with Gasteiger partial charge in [-0.15, -0.1) is 0 Å². The lowest BCUT2D eigenvalue weighted by molar-refractivity contribution is 0.416. The molecule has 4 bridgehead atoms. The van der Waals surface area contributed by atoms with Crippen molar-refractivity contribution in [3.8, 4) is 11.5 Å². The Labute approximate surface area is 110 Å². The lowest BCUT2D eigenvalue weighted by Gasteiger charge is -2.33. The quantitative estimate of drug-likeness (QED) is 0.693. The van der Waals surface area contributed by atoms with E-state index in [2.05, 4.69) is 0 Å². The van der Waals surface area contributed by atoms with Crippen molar-refractivity contribution < 1.29 is 13.6 Å². The van der Waals surface area contributed by atoms with Crippen molar-refractivity contribution in [2.45, 2.75) is 0 Å². The van der Waals surface area contributed by atoms with Gasteiger partial charge in [-0.2, -0.15) is 0 Å². The van der Waals surface area contributed by atoms with E-state index in [-0.39, 0.29) is 0 Å². The molecule has 5 rings (SSSR count). The zero-order valence-corrected chi connectivity index (χ0v) is 11.5. The maximum atomic E-state index is 13.1. The monoisotopic (exact) mass is 298 g/mol. The average molecular weight is 299 g/mol. The second kappa shape index (κ2) is 3.27. The van der Waals surface area contributed by atoms with Crippen LogP contribution >= 0.6 is 26.3 Å². The van der Waals surface area contributed by atoms with Gasteiger partial charge in [0.2, 0.25) is 0 Å². The predicted octanol–water partition coefficient (Wildman–Crippen LogP) is 4.88. The van der Waals surface area contributed by atoms with Crippen molar-refractivity contribution >= 4 is 26.3 Å². The van der Waals surface area contributed by atoms with Gasteiger partial charge in [0.1, 0.15) is 11.5 Å². The van der Waals surface area contributed by atoms with Gasteiger partial charge >= 0.3 is 6.80 Å². The van der Waals surface area contributed by atoms with E-state index in [1.807, 2.05) is 24.3 Å². The van der Waals surface area contributed by atoms with Crippen LogP contribution in [0.5, 0.6) is 11.5 Å². The number of benzene rings is 1. The van der Waals surface area contributed by atoms with Crippen LogP contribution in [0.2, 0.25) is 0 Å². The third kappa shape index (κ3) is 1.16. The Hall–Kier alpha value is -1.09. The summed E-state index contributed by atoms with van der Waals surface area (Å²) in [5, 5.41) is 0. The molecule has 3 nitrogen and oxygen atoms in total. The zero-order valence-electron chi connectivity index (χ0n) is 9.08. The molecule has 0 saturated carbocycles. The molecule has 4 aliphatic rings. The summed E-state index contributed by atoms with van der Waals surface area (Å²) in [5.74, 6) is 1.05. The molecule has 0 atom stereocenters. The summed E-state index contributed by atoms with van der Waals surface area (Å²) in [4.78, 5) is 1.68. The van der Waals surface area contributed by atoms with Gasteiger partial charge in [-0.05, 0) is 59.3 Å². The fourth-order valence-electron chi connectivity index (χ4n) is 2.14. The van der Waals surface area contributed by atoms with E-state index in [4.69, 9.17) is 19.7 Å². The molecule has 0 aliphatic carbocycles. The molecule has 0 radical (unpaired) electrons. The van der Waals surface area contributed by atoms with Crippen molar-refractivity contribution in [3.05, 3.63) is 58.4 Å². The fraction of sp³-hybridized carbons (Fsp3) is 0. The highest BCUT2D eigenvalue weighted by atomic mass is 35.7. The fourth-order valence-corrected chi connectivity index (χ4v) is 9.46. The molecule has 0 N–H and O–H groups in total. The minimum atomic E-state index is -3.47. The minimum absolute atomic E-state index is 0.527. The third-order valence-electron chi connectivity index (χ3n) is 3.01. The van der Waals surface area contributed by atoms with Gasteiger partial charge in [-0.25, -0.2) is 4.57 Å². The van der Waals surface area contributed by atoms with Crippen LogP contribution < -0.4 is 9.05 Å². The molecule has 6 heteroatoms. The highest BCUT2D eigenvalue weighted by molar-refractivity contribution is 8.91. The Kier molecular flexibility index (Phi) is 1.96. The zero-order chi connectivity index (χ0) is 12.4. The lowest BCUT2D eigenvalue weighted by atomic mass is 10.3. The smallest absolute Gasteiger partial charge is 0.408 e. The second-order valence-corrected chi connectivity index (χ2v) is 12.3. The SMILES string of the molecule is O=P1(S2(Cl)C3=CC=C2C=C3)Oc2ccc(cc2)O1. The molecular formula is C12H8ClO3PS. The van der Waals surface area contributed by atoms with Crippen LogP contribution in [0, 0.1) is 0 Å². The molecule has 0 spiro atoms. The van der Waals surface area contributed by atoms with Crippen molar-refractivity contribution in [1.82, 2.24) is 0 Å². The molecule has 0 unspecified atom stereocenters. The van der Waals surface area contributed by atoms with E-state index in [9.17, 15) is 4.57 Å². The highest BCUT2D eigenvalue weighted by Crippen LogP contribution is 2.94. The number of hydrogen-bond donors (Lipinski definition) is 0. The Morgan fingerprint density at radius 3 is 1.78 bits per heavy atom. The average Bonchev–Trinajstić information content (AvgIpc) is 2.74. The molecule has 1 aromatic carbocycles. The molecule has 0 aromatic heterocycles. The van der Waals surface area contributed by atoms with Crippen molar-refractivity contribution in [3.63, 3.8) is 0 Å². The van der Waals surface area contributed by atoms with Gasteiger partial charge in [0.05, 0.1) is 0 Å². The van der Waals surface area contributed by atoms with Gasteiger partial charge in [0, 0.05) is 18.7 Å². The number of allylic oxidation sites excluding steroid dienone is 4. The van der Waals surface area contributed by atoms with Crippen molar-refractivity contribution in [2.75, 3.05) is 0 Å². The maximum Gasteiger partial charge on any atom is 0.496 e. The highest BCUT2D eigenvalue weighted by Gasteiger charge is 2.56. The molecule has 1 aromatic rings. The summed E-state index contributed by atoms with van der Waals surface area (Å²) in [6.07, 6.45) is 7.53. The largest absolute Gasteiger partial charge is 0.496 e. The van der Waals surface area contributed by atoms with E-state index >= 15 is 0 Å². The summed E-state index contributed by atoms with van der Waals surface area (Å²) < 4.78 is 24.3. The standard InChI is InChI=1S/C12H8ClO3PS/c13-18(11-5-6-12(18)8-7-11)17(14)15-9-1-2-10(16-17)4-3-9/h1-8H. The van der Waals surface area contributed by atoms with Crippen LogP contribution in [-0.4, -0.2) is 0 Å². The first-order valence-corrected chi connectivity index (χ1v) is 9.95. The van der Waals surface area contributed by atoms with E-state index in [1.165, 1.54) is 0 Å². The predicted molar refractivity (Wildman–Crippen MR) is 74.1 cm³/mol. The molecule has 4 aliphatic heterocycles. The molecule has 92 valence electrons. The Balaban J connectivity index is 1.88. The van der Waals surface area contributed by atoms with Crippen LogP contribution in [0.4, 0.5) is 0 Å². The van der Waals surface area contributed by atoms with Crippen molar-refractivity contribution in [1.29, 1.82) is 0 Å². The minimum Gasteiger partial charge on any atom is -0.408 e. The summed E-state index contributed by atoms with van der Waals surface area (Å²) >= 11 is 0. The van der Waals surface area contributed by atoms with Crippen LogP contribution in [0.1, 0.15) is 0 Å². The molecule has 4 heterocycles. The molecule has 18 heavy (non-hydrogen) atoms. The Morgan fingerprint density at radius 2 is 1.39 bits per heavy atom. The van der Waals surface area contributed by atoms with Crippen LogP contribution in [0.15, 0.2) is 58.4 Å². The van der Waals surface area contributed by atoms with E-state index in [0.29, 0.717) is 11.5 Å². The van der Waals surface area contributed by atoms with Gasteiger partial charge in [-0.3, -0.25) is 0 Å². The van der Waals surface area contributed by atoms with Crippen molar-refractivity contribution in [2.24, 2.45) is 0 Å². The molecular weight excluding hydrogens is 291 g/mol. The Morgan fingerprint density at radius 1 is 0.944 bits per heavy atom. The topological polar surface area (TPSA) is 35.5 Å². The molecule has 0 saturated heterocycles. The molecule has 0 fully saturated rings. The number of halogens is 1. The first-order valence-electron chi connectivity index (χ1n) is 5.34. The molecule has 0 amide bonds. The van der Waals surface area contributed by atoms with Gasteiger partial charge in [-0.1, -0.05) is 0 Å². The number of rotatable bonds is 1. The maximum absolute atomic E-state index is 13.1. The summed E-state index contributed by atoms with van der Waals surface area (Å²) in [7, 11) is 4.45. The first kappa shape index (κ1) is 10.8. The van der Waals surface area contributed by atoms with Gasteiger partial charge in [0.25, 0.3) is 0 Å². The van der Waals surface area contributed by atoms with Crippen LogP contribution in [0.25, 0.3) is 0 Å². The number of hydrogen-bond acceptors (Lipinski definition) is 3. The summed E-state index contributed by atoms with van der Waals surface area (Å²) in [5.41, 5.74) is 0. The van der Waals surface area contributed by atoms with Crippen LogP contribution in [-0.2, 0) is 4.57 Å². The third-order valence-corrected chi connectivity index (χ3v) is 12.4. The first-order chi connectivity index (χ1) is 8.62. The van der Waals surface area contributed by atoms with E-state index in [1.54, 1.807) is 24.3 Å². The van der Waals surface area contributed by atoms with E-state index in [0.717, 1.165) is 9.81 Å². The van der Waals surface area contributed by atoms with Gasteiger partial charge < -0.3 is 9.05 Å². The number of fused-ring (bicyclic) bond motifs is 7. The lowest BCUT2D eigenvalue weighted by Crippen LogP contribution is -2.03. The van der Waals surface area contributed by atoms with Gasteiger partial charge in [0.15, 0.2) is 0 Å². The van der Waals surface area contributed by atoms with Crippen LogP contribution in [0.3, 0.4) is 0 Å². The second-order valence-electron chi connectivity index (χ2n) is 4.08. The summed E-state index contributed by atoms with van der Waals surface area (Å²) in [6, 6.07) is 6.95. The van der Waals surface area contributed by atoms with E-state index < -0.39 is 15.7 Å². The summed E-state index contributed by atoms with van der Waals surface area (Å²) in [6.45, 7) is -3.47. The Bertz CT molecular complexity index is 639.